The first kappa shape index (κ1) is 16.2. The molecule has 0 radical (unpaired) electrons. The number of amides is 1. The van der Waals surface area contributed by atoms with E-state index >= 15 is 0 Å². The Morgan fingerprint density at radius 3 is 2.65 bits per heavy atom. The van der Waals surface area contributed by atoms with Crippen LogP contribution in [0.2, 0.25) is 0 Å². The van der Waals surface area contributed by atoms with Gasteiger partial charge in [0.05, 0.1) is 17.8 Å². The largest absolute Gasteiger partial charge is 0.468 e. The van der Waals surface area contributed by atoms with E-state index in [4.69, 9.17) is 5.73 Å². The number of carbonyl (C=O) groups excluding carboxylic acids is 1. The smallest absolute Gasteiger partial charge is 0.422 e. The van der Waals surface area contributed by atoms with Gasteiger partial charge in [-0.2, -0.15) is 13.2 Å². The number of nitrogens with zero attached hydrogens (tertiary/aromatic N) is 1. The van der Waals surface area contributed by atoms with Gasteiger partial charge in [0.25, 0.3) is 0 Å². The number of rotatable bonds is 6. The number of hydrogen-bond acceptors (Lipinski definition) is 4. The Morgan fingerprint density at radius 2 is 2.20 bits per heavy atom. The summed E-state index contributed by atoms with van der Waals surface area (Å²) >= 11 is 0. The summed E-state index contributed by atoms with van der Waals surface area (Å²) in [7, 11) is 0. The molecule has 0 saturated carbocycles. The average molecular weight is 291 g/mol. The predicted molar refractivity (Wildman–Crippen MR) is 67.3 cm³/mol. The van der Waals surface area contributed by atoms with Gasteiger partial charge in [-0.1, -0.05) is 6.92 Å². The molecule has 0 aliphatic rings. The number of carbonyl (C=O) groups is 1. The van der Waals surface area contributed by atoms with E-state index in [-0.39, 0.29) is 24.2 Å². The van der Waals surface area contributed by atoms with Crippen molar-refractivity contribution in [3.63, 3.8) is 0 Å². The maximum atomic E-state index is 11.9. The highest BCUT2D eigenvalue weighted by molar-refractivity contribution is 5.92. The monoisotopic (exact) mass is 291 g/mol. The standard InChI is InChI=1S/C12H16F3N3O2/c1-2-8(5-16)11(19)18-9-3-4-10(17-6-9)20-7-12(13,14)15/h3-4,6,8H,2,5,7,16H2,1H3,(H,18,19). The van der Waals surface area contributed by atoms with Crippen molar-refractivity contribution in [2.24, 2.45) is 11.7 Å². The van der Waals surface area contributed by atoms with E-state index in [0.717, 1.165) is 0 Å². The highest BCUT2D eigenvalue weighted by Crippen LogP contribution is 2.18. The molecule has 1 aromatic rings. The molecular weight excluding hydrogens is 275 g/mol. The first-order chi connectivity index (χ1) is 9.35. The van der Waals surface area contributed by atoms with Crippen LogP contribution in [-0.4, -0.2) is 30.2 Å². The summed E-state index contributed by atoms with van der Waals surface area (Å²) in [5.74, 6) is -0.719. The van der Waals surface area contributed by atoms with E-state index < -0.39 is 12.8 Å². The van der Waals surface area contributed by atoms with E-state index in [2.05, 4.69) is 15.0 Å². The number of nitrogens with one attached hydrogen (secondary N) is 1. The van der Waals surface area contributed by atoms with Crippen molar-refractivity contribution in [1.29, 1.82) is 0 Å². The van der Waals surface area contributed by atoms with Crippen LogP contribution in [0.1, 0.15) is 13.3 Å². The second-order valence-corrected chi connectivity index (χ2v) is 4.12. The molecule has 1 atom stereocenters. The van der Waals surface area contributed by atoms with Crippen LogP contribution in [0.5, 0.6) is 5.88 Å². The van der Waals surface area contributed by atoms with Gasteiger partial charge in [-0.15, -0.1) is 0 Å². The number of nitrogens with two attached hydrogens (primary N) is 1. The third-order valence-corrected chi connectivity index (χ3v) is 2.54. The van der Waals surface area contributed by atoms with Gasteiger partial charge >= 0.3 is 6.18 Å². The van der Waals surface area contributed by atoms with Gasteiger partial charge in [0.1, 0.15) is 0 Å². The van der Waals surface area contributed by atoms with E-state index in [0.29, 0.717) is 12.1 Å². The summed E-state index contributed by atoms with van der Waals surface area (Å²) in [5, 5.41) is 2.58. The van der Waals surface area contributed by atoms with Crippen LogP contribution < -0.4 is 15.8 Å². The SMILES string of the molecule is CCC(CN)C(=O)Nc1ccc(OCC(F)(F)F)nc1. The molecule has 1 rings (SSSR count). The third-order valence-electron chi connectivity index (χ3n) is 2.54. The number of anilines is 1. The zero-order valence-corrected chi connectivity index (χ0v) is 10.9. The Morgan fingerprint density at radius 1 is 1.50 bits per heavy atom. The fourth-order valence-corrected chi connectivity index (χ4v) is 1.40. The Bertz CT molecular complexity index is 431. The lowest BCUT2D eigenvalue weighted by atomic mass is 10.1. The lowest BCUT2D eigenvalue weighted by Gasteiger charge is -2.13. The summed E-state index contributed by atoms with van der Waals surface area (Å²) in [6.45, 7) is 0.656. The van der Waals surface area contributed by atoms with Crippen LogP contribution in [0.15, 0.2) is 18.3 Å². The molecule has 1 heterocycles. The Hall–Kier alpha value is -1.83. The van der Waals surface area contributed by atoms with Gasteiger partial charge in [0.15, 0.2) is 6.61 Å². The number of alkyl halides is 3. The average Bonchev–Trinajstić information content (AvgIpc) is 2.38. The maximum Gasteiger partial charge on any atom is 0.422 e. The second-order valence-electron chi connectivity index (χ2n) is 4.12. The second kappa shape index (κ2) is 7.09. The maximum absolute atomic E-state index is 11.9. The van der Waals surface area contributed by atoms with Crippen LogP contribution in [0.25, 0.3) is 0 Å². The molecule has 1 unspecified atom stereocenters. The minimum Gasteiger partial charge on any atom is -0.468 e. The Balaban J connectivity index is 2.56. The van der Waals surface area contributed by atoms with E-state index in [1.807, 2.05) is 6.92 Å². The van der Waals surface area contributed by atoms with E-state index in [9.17, 15) is 18.0 Å². The molecule has 3 N–H and O–H groups in total. The molecule has 1 aromatic heterocycles. The van der Waals surface area contributed by atoms with E-state index in [1.54, 1.807) is 0 Å². The van der Waals surface area contributed by atoms with Gasteiger partial charge in [0.2, 0.25) is 11.8 Å². The van der Waals surface area contributed by atoms with Gasteiger partial charge < -0.3 is 15.8 Å². The molecule has 0 aliphatic heterocycles. The van der Waals surface area contributed by atoms with Gasteiger partial charge in [-0.05, 0) is 12.5 Å². The highest BCUT2D eigenvalue weighted by atomic mass is 19.4. The lowest BCUT2D eigenvalue weighted by Crippen LogP contribution is -2.28. The zero-order valence-electron chi connectivity index (χ0n) is 10.9. The number of halogens is 3. The fourth-order valence-electron chi connectivity index (χ4n) is 1.40. The van der Waals surface area contributed by atoms with Crippen molar-refractivity contribution in [2.75, 3.05) is 18.5 Å². The molecule has 0 bridgehead atoms. The van der Waals surface area contributed by atoms with E-state index in [1.165, 1.54) is 18.3 Å². The first-order valence-electron chi connectivity index (χ1n) is 6.02. The number of ether oxygens (including phenoxy) is 1. The normalized spacial score (nSPS) is 12.8. The van der Waals surface area contributed by atoms with Crippen LogP contribution in [0.3, 0.4) is 0 Å². The summed E-state index contributed by atoms with van der Waals surface area (Å²) in [5.41, 5.74) is 5.82. The Kier molecular flexibility index (Phi) is 5.75. The summed E-state index contributed by atoms with van der Waals surface area (Å²) < 4.78 is 40.3. The topological polar surface area (TPSA) is 77.2 Å². The van der Waals surface area contributed by atoms with Crippen molar-refractivity contribution in [3.05, 3.63) is 18.3 Å². The fraction of sp³-hybridized carbons (Fsp3) is 0.500. The van der Waals surface area contributed by atoms with Crippen molar-refractivity contribution < 1.29 is 22.7 Å². The van der Waals surface area contributed by atoms with Crippen LogP contribution in [0.4, 0.5) is 18.9 Å². The molecule has 0 spiro atoms. The molecule has 5 nitrogen and oxygen atoms in total. The summed E-state index contributed by atoms with van der Waals surface area (Å²) in [6.07, 6.45) is -2.58. The van der Waals surface area contributed by atoms with Crippen molar-refractivity contribution >= 4 is 11.6 Å². The molecule has 0 aliphatic carbocycles. The predicted octanol–water partition coefficient (Wildman–Crippen LogP) is 1.95. The number of pyridine rings is 1. The molecule has 8 heteroatoms. The van der Waals surface area contributed by atoms with Crippen molar-refractivity contribution in [2.45, 2.75) is 19.5 Å². The minimum atomic E-state index is -4.41. The summed E-state index contributed by atoms with van der Waals surface area (Å²) in [4.78, 5) is 15.4. The molecule has 0 aromatic carbocycles. The van der Waals surface area contributed by atoms with Gasteiger partial charge in [0, 0.05) is 12.6 Å². The van der Waals surface area contributed by atoms with Crippen LogP contribution in [-0.2, 0) is 4.79 Å². The number of hydrogen-bond donors (Lipinski definition) is 2. The van der Waals surface area contributed by atoms with Gasteiger partial charge in [-0.25, -0.2) is 4.98 Å². The molecular formula is C12H16F3N3O2. The highest BCUT2D eigenvalue weighted by Gasteiger charge is 2.28. The third kappa shape index (κ3) is 5.43. The Labute approximate surface area is 114 Å². The minimum absolute atomic E-state index is 0.161. The molecule has 112 valence electrons. The van der Waals surface area contributed by atoms with Crippen molar-refractivity contribution in [1.82, 2.24) is 4.98 Å². The van der Waals surface area contributed by atoms with Crippen molar-refractivity contribution in [3.8, 4) is 5.88 Å². The first-order valence-corrected chi connectivity index (χ1v) is 6.02. The van der Waals surface area contributed by atoms with Gasteiger partial charge in [-0.3, -0.25) is 4.79 Å². The molecule has 20 heavy (non-hydrogen) atoms. The molecule has 0 fully saturated rings. The molecule has 0 saturated heterocycles. The van der Waals surface area contributed by atoms with Crippen LogP contribution in [0, 0.1) is 5.92 Å². The lowest BCUT2D eigenvalue weighted by molar-refractivity contribution is -0.154. The van der Waals surface area contributed by atoms with Crippen LogP contribution >= 0.6 is 0 Å². The molecule has 1 amide bonds. The summed E-state index contributed by atoms with van der Waals surface area (Å²) in [6, 6.07) is 2.67. The zero-order chi connectivity index (χ0) is 15.2. The number of aromatic nitrogens is 1. The quantitative estimate of drug-likeness (QED) is 0.839.